The zero-order valence-corrected chi connectivity index (χ0v) is 11.9. The van der Waals surface area contributed by atoms with Crippen molar-refractivity contribution in [3.8, 4) is 11.3 Å². The number of hydrogen-bond acceptors (Lipinski definition) is 3. The van der Waals surface area contributed by atoms with Crippen LogP contribution in [0.4, 0.5) is 5.69 Å². The van der Waals surface area contributed by atoms with Crippen molar-refractivity contribution in [1.82, 2.24) is 9.55 Å². The molecule has 108 valence electrons. The van der Waals surface area contributed by atoms with E-state index in [1.165, 1.54) is 5.56 Å². The molecule has 0 saturated heterocycles. The van der Waals surface area contributed by atoms with Gasteiger partial charge in [-0.05, 0) is 17.7 Å². The van der Waals surface area contributed by atoms with Crippen molar-refractivity contribution in [3.63, 3.8) is 0 Å². The summed E-state index contributed by atoms with van der Waals surface area (Å²) in [4.78, 5) is 16.9. The minimum atomic E-state index is -0.0131. The number of benzene rings is 2. The molecule has 0 bridgehead atoms. The lowest BCUT2D eigenvalue weighted by molar-refractivity contribution is 0.0971. The summed E-state index contributed by atoms with van der Waals surface area (Å²) in [6.45, 7) is 0. The monoisotopic (exact) mass is 289 g/mol. The van der Waals surface area contributed by atoms with Gasteiger partial charge in [-0.1, -0.05) is 36.4 Å². The summed E-state index contributed by atoms with van der Waals surface area (Å²) >= 11 is 0. The van der Waals surface area contributed by atoms with Gasteiger partial charge in [-0.15, -0.1) is 0 Å². The second-order valence-corrected chi connectivity index (χ2v) is 5.50. The molecule has 1 unspecified atom stereocenters. The van der Waals surface area contributed by atoms with Gasteiger partial charge in [-0.2, -0.15) is 0 Å². The van der Waals surface area contributed by atoms with Gasteiger partial charge >= 0.3 is 0 Å². The Kier molecular flexibility index (Phi) is 2.82. The van der Waals surface area contributed by atoms with E-state index in [0.29, 0.717) is 17.7 Å². The van der Waals surface area contributed by atoms with Gasteiger partial charge in [0.25, 0.3) is 0 Å². The molecule has 2 heterocycles. The SMILES string of the molecule is Nc1ccccc1C(=O)CC1c2ccccc2-c2cncn21. The second kappa shape index (κ2) is 4.84. The lowest BCUT2D eigenvalue weighted by Gasteiger charge is -2.14. The van der Waals surface area contributed by atoms with Crippen molar-refractivity contribution < 1.29 is 4.79 Å². The molecular weight excluding hydrogens is 274 g/mol. The van der Waals surface area contributed by atoms with Crippen LogP contribution in [0.15, 0.2) is 61.1 Å². The van der Waals surface area contributed by atoms with E-state index in [4.69, 9.17) is 5.73 Å². The molecule has 0 aliphatic carbocycles. The quantitative estimate of drug-likeness (QED) is 0.594. The van der Waals surface area contributed by atoms with E-state index in [1.54, 1.807) is 18.5 Å². The number of nitrogen functional groups attached to an aromatic ring is 1. The number of anilines is 1. The topological polar surface area (TPSA) is 60.9 Å². The van der Waals surface area contributed by atoms with Crippen LogP contribution >= 0.6 is 0 Å². The number of hydrogen-bond donors (Lipinski definition) is 1. The van der Waals surface area contributed by atoms with Crippen LogP contribution in [0.3, 0.4) is 0 Å². The lowest BCUT2D eigenvalue weighted by atomic mass is 9.96. The van der Waals surface area contributed by atoms with Gasteiger partial charge in [-0.3, -0.25) is 4.79 Å². The largest absolute Gasteiger partial charge is 0.398 e. The summed E-state index contributed by atoms with van der Waals surface area (Å²) in [6, 6.07) is 15.4. The number of Topliss-reactive ketones (excluding diaryl/α,β-unsaturated/α-hetero) is 1. The average molecular weight is 289 g/mol. The third kappa shape index (κ3) is 1.84. The highest BCUT2D eigenvalue weighted by Crippen LogP contribution is 2.41. The fraction of sp³-hybridized carbons (Fsp3) is 0.111. The van der Waals surface area contributed by atoms with Gasteiger partial charge in [0.1, 0.15) is 0 Å². The predicted molar refractivity (Wildman–Crippen MR) is 85.6 cm³/mol. The normalized spacial score (nSPS) is 15.4. The molecule has 4 heteroatoms. The van der Waals surface area contributed by atoms with Crippen LogP contribution in [0.2, 0.25) is 0 Å². The molecule has 2 aromatic carbocycles. The average Bonchev–Trinajstić information content (AvgIpc) is 3.11. The molecule has 4 nitrogen and oxygen atoms in total. The molecule has 3 aromatic rings. The van der Waals surface area contributed by atoms with Crippen molar-refractivity contribution in [3.05, 3.63) is 72.2 Å². The van der Waals surface area contributed by atoms with Crippen LogP contribution in [-0.2, 0) is 0 Å². The smallest absolute Gasteiger partial charge is 0.167 e. The Labute approximate surface area is 128 Å². The highest BCUT2D eigenvalue weighted by Gasteiger charge is 2.30. The Morgan fingerprint density at radius 1 is 1.14 bits per heavy atom. The minimum absolute atomic E-state index is 0.0131. The molecule has 1 aromatic heterocycles. The maximum Gasteiger partial charge on any atom is 0.167 e. The van der Waals surface area contributed by atoms with Crippen molar-refractivity contribution >= 4 is 11.5 Å². The number of nitrogens with two attached hydrogens (primary N) is 1. The molecule has 2 N–H and O–H groups in total. The first-order valence-electron chi connectivity index (χ1n) is 7.24. The number of nitrogens with zero attached hydrogens (tertiary/aromatic N) is 2. The first kappa shape index (κ1) is 12.8. The van der Waals surface area contributed by atoms with Crippen LogP contribution in [0, 0.1) is 0 Å². The summed E-state index contributed by atoms with van der Waals surface area (Å²) in [5.41, 5.74) is 10.4. The third-order valence-corrected chi connectivity index (χ3v) is 4.24. The van der Waals surface area contributed by atoms with Gasteiger partial charge in [0.05, 0.1) is 24.3 Å². The molecule has 4 rings (SSSR count). The van der Waals surface area contributed by atoms with Gasteiger partial charge in [-0.25, -0.2) is 4.98 Å². The van der Waals surface area contributed by atoms with Crippen LogP contribution in [0.5, 0.6) is 0 Å². The number of para-hydroxylation sites is 1. The Hall–Kier alpha value is -2.88. The van der Waals surface area contributed by atoms with Crippen molar-refractivity contribution in [2.45, 2.75) is 12.5 Å². The molecule has 0 fully saturated rings. The zero-order chi connectivity index (χ0) is 15.1. The van der Waals surface area contributed by atoms with E-state index >= 15 is 0 Å². The van der Waals surface area contributed by atoms with E-state index in [0.717, 1.165) is 11.3 Å². The van der Waals surface area contributed by atoms with Gasteiger partial charge in [0, 0.05) is 23.2 Å². The summed E-state index contributed by atoms with van der Waals surface area (Å²) < 4.78 is 2.07. The Bertz CT molecular complexity index is 866. The van der Waals surface area contributed by atoms with E-state index < -0.39 is 0 Å². The molecule has 0 radical (unpaired) electrons. The Morgan fingerprint density at radius 3 is 2.77 bits per heavy atom. The molecule has 1 atom stereocenters. The van der Waals surface area contributed by atoms with Crippen molar-refractivity contribution in [2.75, 3.05) is 5.73 Å². The van der Waals surface area contributed by atoms with Crippen molar-refractivity contribution in [2.24, 2.45) is 0 Å². The highest BCUT2D eigenvalue weighted by atomic mass is 16.1. The summed E-state index contributed by atoms with van der Waals surface area (Å²) in [6.07, 6.45) is 4.02. The lowest BCUT2D eigenvalue weighted by Crippen LogP contribution is -2.13. The summed E-state index contributed by atoms with van der Waals surface area (Å²) in [7, 11) is 0. The Morgan fingerprint density at radius 2 is 1.91 bits per heavy atom. The number of rotatable bonds is 3. The van der Waals surface area contributed by atoms with Crippen LogP contribution in [0.1, 0.15) is 28.4 Å². The first-order valence-corrected chi connectivity index (χ1v) is 7.24. The maximum atomic E-state index is 12.6. The van der Waals surface area contributed by atoms with E-state index in [1.807, 2.05) is 30.5 Å². The molecule has 0 spiro atoms. The van der Waals surface area contributed by atoms with E-state index in [2.05, 4.69) is 21.7 Å². The van der Waals surface area contributed by atoms with Crippen molar-refractivity contribution in [1.29, 1.82) is 0 Å². The van der Waals surface area contributed by atoms with Crippen LogP contribution < -0.4 is 5.73 Å². The molecule has 0 amide bonds. The summed E-state index contributed by atoms with van der Waals surface area (Å²) in [5, 5.41) is 0. The molecule has 22 heavy (non-hydrogen) atoms. The van der Waals surface area contributed by atoms with E-state index in [-0.39, 0.29) is 11.8 Å². The summed E-state index contributed by atoms with van der Waals surface area (Å²) in [5.74, 6) is 0.0550. The zero-order valence-electron chi connectivity index (χ0n) is 11.9. The number of carbonyl (C=O) groups excluding carboxylic acids is 1. The number of ketones is 1. The highest BCUT2D eigenvalue weighted by molar-refractivity contribution is 6.01. The van der Waals surface area contributed by atoms with E-state index in [9.17, 15) is 4.79 Å². The standard InChI is InChI=1S/C18H15N3O/c19-15-8-4-3-7-14(15)18(22)9-16-12-5-1-2-6-13(12)17-10-20-11-21(16)17/h1-8,10-11,16H,9,19H2. The number of fused-ring (bicyclic) bond motifs is 3. The third-order valence-electron chi connectivity index (χ3n) is 4.24. The fourth-order valence-electron chi connectivity index (χ4n) is 3.18. The second-order valence-electron chi connectivity index (χ2n) is 5.50. The molecule has 1 aliphatic heterocycles. The van der Waals surface area contributed by atoms with Crippen LogP contribution in [-0.4, -0.2) is 15.3 Å². The molecule has 0 saturated carbocycles. The van der Waals surface area contributed by atoms with Gasteiger partial charge < -0.3 is 10.3 Å². The van der Waals surface area contributed by atoms with Gasteiger partial charge in [0.15, 0.2) is 5.78 Å². The molecular formula is C18H15N3O. The predicted octanol–water partition coefficient (Wildman–Crippen LogP) is 3.31. The fourth-order valence-corrected chi connectivity index (χ4v) is 3.18. The maximum absolute atomic E-state index is 12.6. The number of carbonyl (C=O) groups is 1. The number of imidazole rings is 1. The minimum Gasteiger partial charge on any atom is -0.398 e. The van der Waals surface area contributed by atoms with Gasteiger partial charge in [0.2, 0.25) is 0 Å². The Balaban J connectivity index is 1.72. The first-order chi connectivity index (χ1) is 10.8. The number of aromatic nitrogens is 2. The van der Waals surface area contributed by atoms with Crippen LogP contribution in [0.25, 0.3) is 11.3 Å². The molecule has 1 aliphatic rings.